The third kappa shape index (κ3) is 4.31. The minimum absolute atomic E-state index is 0.0827. The summed E-state index contributed by atoms with van der Waals surface area (Å²) in [4.78, 5) is 4.22. The molecule has 0 aliphatic carbocycles. The maximum absolute atomic E-state index is 9.07. The molecule has 1 unspecified atom stereocenters. The maximum Gasteiger partial charge on any atom is 0.146 e. The van der Waals surface area contributed by atoms with Crippen LogP contribution in [0, 0.1) is 0 Å². The number of hydrogen-bond donors (Lipinski definition) is 2. The zero-order chi connectivity index (χ0) is 15.2. The van der Waals surface area contributed by atoms with Gasteiger partial charge in [0.2, 0.25) is 0 Å². The molecule has 0 bridgehead atoms. The number of aliphatic hydroxyl groups excluding tert-OH is 1. The van der Waals surface area contributed by atoms with Crippen LogP contribution in [-0.2, 0) is 13.7 Å². The Labute approximate surface area is 125 Å². The van der Waals surface area contributed by atoms with Crippen LogP contribution >= 0.6 is 0 Å². The molecule has 1 aromatic heterocycles. The standard InChI is InChI=1S/C16H23N3O2/c1-12(10-20)18-13(2)14-4-6-15(7-5-14)21-11-16-17-8-9-19(16)3/h4-9,12-13,18,20H,10-11H2,1-3H3/t12-,13?/m1/s1. The second-order valence-electron chi connectivity index (χ2n) is 5.28. The van der Waals surface area contributed by atoms with Crippen LogP contribution in [0.5, 0.6) is 5.75 Å². The Morgan fingerprint density at radius 2 is 2.00 bits per heavy atom. The topological polar surface area (TPSA) is 59.3 Å². The number of rotatable bonds is 7. The van der Waals surface area contributed by atoms with Gasteiger partial charge in [-0.1, -0.05) is 12.1 Å². The minimum Gasteiger partial charge on any atom is -0.486 e. The normalized spacial score (nSPS) is 13.9. The molecule has 0 saturated carbocycles. The molecule has 0 aliphatic rings. The molecular formula is C16H23N3O2. The molecule has 5 nitrogen and oxygen atoms in total. The van der Waals surface area contributed by atoms with E-state index < -0.39 is 0 Å². The first kappa shape index (κ1) is 15.5. The summed E-state index contributed by atoms with van der Waals surface area (Å²) < 4.78 is 7.67. The highest BCUT2D eigenvalue weighted by atomic mass is 16.5. The number of nitrogens with zero attached hydrogens (tertiary/aromatic N) is 2. The van der Waals surface area contributed by atoms with Crippen LogP contribution in [0.4, 0.5) is 0 Å². The Morgan fingerprint density at radius 3 is 2.57 bits per heavy atom. The summed E-state index contributed by atoms with van der Waals surface area (Å²) in [5.74, 6) is 1.72. The van der Waals surface area contributed by atoms with E-state index in [-0.39, 0.29) is 18.7 Å². The Morgan fingerprint density at radius 1 is 1.29 bits per heavy atom. The van der Waals surface area contributed by atoms with Crippen molar-refractivity contribution in [1.29, 1.82) is 0 Å². The zero-order valence-electron chi connectivity index (χ0n) is 12.8. The van der Waals surface area contributed by atoms with E-state index in [2.05, 4.69) is 17.2 Å². The van der Waals surface area contributed by atoms with Crippen molar-refractivity contribution in [2.75, 3.05) is 6.61 Å². The number of aliphatic hydroxyl groups is 1. The number of aryl methyl sites for hydroxylation is 1. The molecule has 2 N–H and O–H groups in total. The van der Waals surface area contributed by atoms with Crippen LogP contribution in [0.1, 0.15) is 31.3 Å². The van der Waals surface area contributed by atoms with E-state index in [0.717, 1.165) is 11.6 Å². The first-order valence-corrected chi connectivity index (χ1v) is 7.16. The third-order valence-corrected chi connectivity index (χ3v) is 3.48. The monoisotopic (exact) mass is 289 g/mol. The van der Waals surface area contributed by atoms with Crippen molar-refractivity contribution in [2.45, 2.75) is 32.5 Å². The quantitative estimate of drug-likeness (QED) is 0.819. The summed E-state index contributed by atoms with van der Waals surface area (Å²) in [5.41, 5.74) is 1.17. The highest BCUT2D eigenvalue weighted by Crippen LogP contribution is 2.18. The summed E-state index contributed by atoms with van der Waals surface area (Å²) in [6.45, 7) is 4.63. The molecule has 2 rings (SSSR count). The summed E-state index contributed by atoms with van der Waals surface area (Å²) in [6.07, 6.45) is 3.66. The lowest BCUT2D eigenvalue weighted by Crippen LogP contribution is -2.31. The Hall–Kier alpha value is -1.85. The summed E-state index contributed by atoms with van der Waals surface area (Å²) in [7, 11) is 1.95. The van der Waals surface area contributed by atoms with E-state index in [1.165, 1.54) is 5.56 Å². The number of imidazole rings is 1. The van der Waals surface area contributed by atoms with Gasteiger partial charge in [0.1, 0.15) is 18.2 Å². The van der Waals surface area contributed by atoms with Crippen molar-refractivity contribution in [3.8, 4) is 5.75 Å². The lowest BCUT2D eigenvalue weighted by molar-refractivity contribution is 0.243. The zero-order valence-corrected chi connectivity index (χ0v) is 12.8. The predicted molar refractivity (Wildman–Crippen MR) is 82.1 cm³/mol. The van der Waals surface area contributed by atoms with Crippen LogP contribution in [0.25, 0.3) is 0 Å². The molecular weight excluding hydrogens is 266 g/mol. The fourth-order valence-corrected chi connectivity index (χ4v) is 2.11. The Kier molecular flexibility index (Phi) is 5.36. The van der Waals surface area contributed by atoms with E-state index in [1.54, 1.807) is 6.20 Å². The molecule has 0 fully saturated rings. The van der Waals surface area contributed by atoms with Crippen LogP contribution in [0.2, 0.25) is 0 Å². The first-order valence-electron chi connectivity index (χ1n) is 7.16. The van der Waals surface area contributed by atoms with Crippen molar-refractivity contribution in [3.63, 3.8) is 0 Å². The van der Waals surface area contributed by atoms with Crippen LogP contribution in [0.15, 0.2) is 36.7 Å². The lowest BCUT2D eigenvalue weighted by atomic mass is 10.1. The highest BCUT2D eigenvalue weighted by molar-refractivity contribution is 5.29. The second kappa shape index (κ2) is 7.24. The number of aromatic nitrogens is 2. The molecule has 1 heterocycles. The van der Waals surface area contributed by atoms with Crippen LogP contribution in [-0.4, -0.2) is 27.3 Å². The van der Waals surface area contributed by atoms with Crippen molar-refractivity contribution in [3.05, 3.63) is 48.0 Å². The van der Waals surface area contributed by atoms with Gasteiger partial charge in [-0.05, 0) is 31.5 Å². The minimum atomic E-state index is 0.0827. The molecule has 21 heavy (non-hydrogen) atoms. The molecule has 0 radical (unpaired) electrons. The fraction of sp³-hybridized carbons (Fsp3) is 0.438. The average molecular weight is 289 g/mol. The smallest absolute Gasteiger partial charge is 0.146 e. The number of hydrogen-bond acceptors (Lipinski definition) is 4. The number of ether oxygens (including phenoxy) is 1. The van der Waals surface area contributed by atoms with Gasteiger partial charge in [0.25, 0.3) is 0 Å². The van der Waals surface area contributed by atoms with Crippen molar-refractivity contribution < 1.29 is 9.84 Å². The molecule has 114 valence electrons. The summed E-state index contributed by atoms with van der Waals surface area (Å²) >= 11 is 0. The first-order chi connectivity index (χ1) is 10.1. The van der Waals surface area contributed by atoms with Gasteiger partial charge in [-0.25, -0.2) is 4.98 Å². The lowest BCUT2D eigenvalue weighted by Gasteiger charge is -2.19. The van der Waals surface area contributed by atoms with Gasteiger partial charge in [-0.2, -0.15) is 0 Å². The molecule has 0 saturated heterocycles. The largest absolute Gasteiger partial charge is 0.486 e. The fourth-order valence-electron chi connectivity index (χ4n) is 2.11. The van der Waals surface area contributed by atoms with Gasteiger partial charge in [0, 0.05) is 31.5 Å². The van der Waals surface area contributed by atoms with E-state index in [9.17, 15) is 0 Å². The molecule has 0 amide bonds. The van der Waals surface area contributed by atoms with Crippen molar-refractivity contribution in [2.24, 2.45) is 7.05 Å². The van der Waals surface area contributed by atoms with E-state index in [4.69, 9.17) is 9.84 Å². The Balaban J connectivity index is 1.91. The Bertz CT molecular complexity index is 551. The van der Waals surface area contributed by atoms with Gasteiger partial charge in [0.15, 0.2) is 0 Å². The SMILES string of the molecule is CC(N[C@H](C)CO)c1ccc(OCc2nccn2C)cc1. The van der Waals surface area contributed by atoms with Crippen molar-refractivity contribution in [1.82, 2.24) is 14.9 Å². The summed E-state index contributed by atoms with van der Waals surface area (Å²) in [5, 5.41) is 12.4. The molecule has 1 aromatic carbocycles. The molecule has 2 aromatic rings. The van der Waals surface area contributed by atoms with Gasteiger partial charge in [0.05, 0.1) is 6.61 Å². The van der Waals surface area contributed by atoms with Crippen molar-refractivity contribution >= 4 is 0 Å². The second-order valence-corrected chi connectivity index (χ2v) is 5.28. The van der Waals surface area contributed by atoms with Gasteiger partial charge < -0.3 is 19.7 Å². The van der Waals surface area contributed by atoms with E-state index in [1.807, 2.05) is 49.0 Å². The van der Waals surface area contributed by atoms with Crippen LogP contribution < -0.4 is 10.1 Å². The molecule has 5 heteroatoms. The summed E-state index contributed by atoms with van der Waals surface area (Å²) in [6, 6.07) is 8.26. The van der Waals surface area contributed by atoms with Crippen LogP contribution in [0.3, 0.4) is 0 Å². The van der Waals surface area contributed by atoms with Gasteiger partial charge in [-0.3, -0.25) is 0 Å². The number of benzene rings is 1. The third-order valence-electron chi connectivity index (χ3n) is 3.48. The average Bonchev–Trinajstić information content (AvgIpc) is 2.90. The predicted octanol–water partition coefficient (Wildman–Crippen LogP) is 2.03. The van der Waals surface area contributed by atoms with E-state index in [0.29, 0.717) is 6.61 Å². The number of nitrogens with one attached hydrogen (secondary N) is 1. The highest BCUT2D eigenvalue weighted by Gasteiger charge is 2.09. The molecule has 0 spiro atoms. The van der Waals surface area contributed by atoms with Gasteiger partial charge >= 0.3 is 0 Å². The van der Waals surface area contributed by atoms with Gasteiger partial charge in [-0.15, -0.1) is 0 Å². The molecule has 0 aliphatic heterocycles. The maximum atomic E-state index is 9.07. The molecule has 2 atom stereocenters. The van der Waals surface area contributed by atoms with E-state index >= 15 is 0 Å².